The molecular formula is C13H20N2O2. The van der Waals surface area contributed by atoms with Crippen LogP contribution in [0.3, 0.4) is 0 Å². The molecule has 94 valence electrons. The number of nitrogens with one attached hydrogen (secondary N) is 1. The van der Waals surface area contributed by atoms with Crippen LogP contribution in [-0.2, 0) is 0 Å². The van der Waals surface area contributed by atoms with Gasteiger partial charge >= 0.3 is 0 Å². The molecule has 0 bridgehead atoms. The number of carbonyl (C=O) groups is 1. The van der Waals surface area contributed by atoms with Gasteiger partial charge < -0.3 is 15.8 Å². The summed E-state index contributed by atoms with van der Waals surface area (Å²) in [6, 6.07) is 5.06. The molecule has 1 amide bonds. The van der Waals surface area contributed by atoms with Gasteiger partial charge in [0.1, 0.15) is 5.75 Å². The van der Waals surface area contributed by atoms with E-state index in [2.05, 4.69) is 12.2 Å². The third-order valence-electron chi connectivity index (χ3n) is 2.53. The Hall–Kier alpha value is -1.71. The summed E-state index contributed by atoms with van der Waals surface area (Å²) in [5, 5.41) is 2.57. The molecular weight excluding hydrogens is 216 g/mol. The van der Waals surface area contributed by atoms with Gasteiger partial charge in [0, 0.05) is 12.6 Å². The molecule has 0 aliphatic heterocycles. The number of amides is 1. The van der Waals surface area contributed by atoms with Crippen LogP contribution in [0.2, 0.25) is 0 Å². The molecule has 1 rings (SSSR count). The Bertz CT molecular complexity index is 391. The van der Waals surface area contributed by atoms with Gasteiger partial charge in [0.25, 0.3) is 5.91 Å². The fraction of sp³-hybridized carbons (Fsp3) is 0.462. The summed E-state index contributed by atoms with van der Waals surface area (Å²) in [5.41, 5.74) is 6.93. The standard InChI is InChI=1S/C13H20N2O2/c1-4-5-9(2)17-12-8-10(13(16)15-3)6-7-11(12)14/h6-9H,4-5,14H2,1-3H3,(H,15,16). The zero-order valence-corrected chi connectivity index (χ0v) is 10.6. The lowest BCUT2D eigenvalue weighted by molar-refractivity contribution is 0.0962. The van der Waals surface area contributed by atoms with Crippen LogP contribution in [0, 0.1) is 0 Å². The highest BCUT2D eigenvalue weighted by molar-refractivity contribution is 5.95. The number of hydrogen-bond acceptors (Lipinski definition) is 3. The normalized spacial score (nSPS) is 11.9. The van der Waals surface area contributed by atoms with Crippen molar-refractivity contribution in [2.24, 2.45) is 0 Å². The average molecular weight is 236 g/mol. The zero-order valence-electron chi connectivity index (χ0n) is 10.6. The van der Waals surface area contributed by atoms with Crippen LogP contribution in [0.25, 0.3) is 0 Å². The Kier molecular flexibility index (Phi) is 4.82. The average Bonchev–Trinajstić information content (AvgIpc) is 2.31. The fourth-order valence-electron chi connectivity index (χ4n) is 1.60. The first kappa shape index (κ1) is 13.4. The zero-order chi connectivity index (χ0) is 12.8. The maximum Gasteiger partial charge on any atom is 0.251 e. The van der Waals surface area contributed by atoms with E-state index in [1.165, 1.54) is 0 Å². The summed E-state index contributed by atoms with van der Waals surface area (Å²) in [7, 11) is 1.60. The molecule has 0 radical (unpaired) electrons. The van der Waals surface area contributed by atoms with Gasteiger partial charge in [-0.3, -0.25) is 4.79 Å². The molecule has 4 nitrogen and oxygen atoms in total. The predicted molar refractivity (Wildman–Crippen MR) is 69.2 cm³/mol. The molecule has 0 saturated heterocycles. The Morgan fingerprint density at radius 3 is 2.82 bits per heavy atom. The molecule has 3 N–H and O–H groups in total. The van der Waals surface area contributed by atoms with Crippen LogP contribution in [-0.4, -0.2) is 19.1 Å². The first-order valence-electron chi connectivity index (χ1n) is 5.86. The predicted octanol–water partition coefficient (Wildman–Crippen LogP) is 2.20. The van der Waals surface area contributed by atoms with Crippen molar-refractivity contribution in [2.75, 3.05) is 12.8 Å². The molecule has 1 aromatic rings. The summed E-state index contributed by atoms with van der Waals surface area (Å²) in [4.78, 5) is 11.5. The van der Waals surface area contributed by atoms with Crippen LogP contribution in [0.4, 0.5) is 5.69 Å². The van der Waals surface area contributed by atoms with E-state index >= 15 is 0 Å². The van der Waals surface area contributed by atoms with Crippen molar-refractivity contribution in [3.63, 3.8) is 0 Å². The third kappa shape index (κ3) is 3.66. The molecule has 0 saturated carbocycles. The Morgan fingerprint density at radius 1 is 1.53 bits per heavy atom. The van der Waals surface area contributed by atoms with Crippen molar-refractivity contribution in [3.8, 4) is 5.75 Å². The molecule has 1 unspecified atom stereocenters. The highest BCUT2D eigenvalue weighted by Crippen LogP contribution is 2.24. The summed E-state index contributed by atoms with van der Waals surface area (Å²) in [6.07, 6.45) is 2.11. The van der Waals surface area contributed by atoms with Crippen LogP contribution in [0.1, 0.15) is 37.0 Å². The molecule has 1 atom stereocenters. The van der Waals surface area contributed by atoms with Gasteiger partial charge in [-0.1, -0.05) is 13.3 Å². The molecule has 4 heteroatoms. The summed E-state index contributed by atoms with van der Waals surface area (Å²) in [6.45, 7) is 4.10. The smallest absolute Gasteiger partial charge is 0.251 e. The van der Waals surface area contributed by atoms with Crippen LogP contribution in [0.15, 0.2) is 18.2 Å². The second-order valence-corrected chi connectivity index (χ2v) is 4.05. The van der Waals surface area contributed by atoms with Crippen molar-refractivity contribution in [3.05, 3.63) is 23.8 Å². The number of ether oxygens (including phenoxy) is 1. The summed E-state index contributed by atoms with van der Waals surface area (Å²) >= 11 is 0. The van der Waals surface area contributed by atoms with Gasteiger partial charge in [-0.2, -0.15) is 0 Å². The molecule has 0 aromatic heterocycles. The second kappa shape index (κ2) is 6.13. The maximum atomic E-state index is 11.5. The Labute approximate surface area is 102 Å². The van der Waals surface area contributed by atoms with E-state index < -0.39 is 0 Å². The van der Waals surface area contributed by atoms with Gasteiger partial charge in [-0.25, -0.2) is 0 Å². The SMILES string of the molecule is CCCC(C)Oc1cc(C(=O)NC)ccc1N. The molecule has 0 heterocycles. The molecule has 0 spiro atoms. The van der Waals surface area contributed by atoms with Crippen molar-refractivity contribution in [2.45, 2.75) is 32.8 Å². The molecule has 1 aromatic carbocycles. The maximum absolute atomic E-state index is 11.5. The highest BCUT2D eigenvalue weighted by atomic mass is 16.5. The third-order valence-corrected chi connectivity index (χ3v) is 2.53. The fourth-order valence-corrected chi connectivity index (χ4v) is 1.60. The highest BCUT2D eigenvalue weighted by Gasteiger charge is 2.10. The van der Waals surface area contributed by atoms with E-state index in [-0.39, 0.29) is 12.0 Å². The quantitative estimate of drug-likeness (QED) is 0.770. The number of anilines is 1. The van der Waals surface area contributed by atoms with E-state index in [4.69, 9.17) is 10.5 Å². The van der Waals surface area contributed by atoms with Crippen molar-refractivity contribution in [1.82, 2.24) is 5.32 Å². The summed E-state index contributed by atoms with van der Waals surface area (Å²) in [5.74, 6) is 0.435. The van der Waals surface area contributed by atoms with E-state index in [1.54, 1.807) is 25.2 Å². The minimum Gasteiger partial charge on any atom is -0.489 e. The largest absolute Gasteiger partial charge is 0.489 e. The number of rotatable bonds is 5. The van der Waals surface area contributed by atoms with Crippen molar-refractivity contribution >= 4 is 11.6 Å². The van der Waals surface area contributed by atoms with Gasteiger partial charge in [-0.15, -0.1) is 0 Å². The number of benzene rings is 1. The monoisotopic (exact) mass is 236 g/mol. The minimum absolute atomic E-state index is 0.0993. The first-order chi connectivity index (χ1) is 8.08. The molecule has 0 fully saturated rings. The van der Waals surface area contributed by atoms with E-state index in [1.807, 2.05) is 6.92 Å². The topological polar surface area (TPSA) is 64.3 Å². The van der Waals surface area contributed by atoms with Crippen molar-refractivity contribution in [1.29, 1.82) is 0 Å². The lowest BCUT2D eigenvalue weighted by atomic mass is 10.1. The van der Waals surface area contributed by atoms with Crippen LogP contribution < -0.4 is 15.8 Å². The number of nitrogen functional groups attached to an aromatic ring is 1. The molecule has 0 aliphatic carbocycles. The van der Waals surface area contributed by atoms with E-state index in [0.717, 1.165) is 12.8 Å². The lowest BCUT2D eigenvalue weighted by Crippen LogP contribution is -2.18. The molecule has 0 aliphatic rings. The van der Waals surface area contributed by atoms with Gasteiger partial charge in [0.2, 0.25) is 0 Å². The lowest BCUT2D eigenvalue weighted by Gasteiger charge is -2.16. The minimum atomic E-state index is -0.141. The van der Waals surface area contributed by atoms with Gasteiger partial charge in [0.15, 0.2) is 0 Å². The second-order valence-electron chi connectivity index (χ2n) is 4.05. The molecule has 17 heavy (non-hydrogen) atoms. The van der Waals surface area contributed by atoms with Gasteiger partial charge in [-0.05, 0) is 31.5 Å². The van der Waals surface area contributed by atoms with E-state index in [0.29, 0.717) is 17.0 Å². The first-order valence-corrected chi connectivity index (χ1v) is 5.86. The number of carbonyl (C=O) groups excluding carboxylic acids is 1. The van der Waals surface area contributed by atoms with Gasteiger partial charge in [0.05, 0.1) is 11.8 Å². The van der Waals surface area contributed by atoms with Crippen LogP contribution >= 0.6 is 0 Å². The van der Waals surface area contributed by atoms with Crippen LogP contribution in [0.5, 0.6) is 5.75 Å². The number of nitrogens with two attached hydrogens (primary N) is 1. The number of hydrogen-bond donors (Lipinski definition) is 2. The Balaban J connectivity index is 2.86. The summed E-state index contributed by atoms with van der Waals surface area (Å²) < 4.78 is 5.72. The Morgan fingerprint density at radius 2 is 2.24 bits per heavy atom. The van der Waals surface area contributed by atoms with E-state index in [9.17, 15) is 4.79 Å². The van der Waals surface area contributed by atoms with Crippen molar-refractivity contribution < 1.29 is 9.53 Å².